The molecule has 0 aliphatic heterocycles. The lowest BCUT2D eigenvalue weighted by Crippen LogP contribution is -2.28. The van der Waals surface area contributed by atoms with Crippen molar-refractivity contribution in [1.29, 1.82) is 0 Å². The second-order valence-electron chi connectivity index (χ2n) is 7.49. The molecule has 0 spiro atoms. The Labute approximate surface area is 184 Å². The first-order chi connectivity index (χ1) is 14.8. The summed E-state index contributed by atoms with van der Waals surface area (Å²) >= 11 is 1.16. The Morgan fingerprint density at radius 1 is 1.23 bits per heavy atom. The standard InChI is InChI=1S/C22H26N4O4S/c1-13(2)15-5-7-16(8-6-15)25-17(27)11-26-12-24-21-18(22(26)29)14(3)19(31-21)20(28)23-9-10-30-4/h5-8,12-13H,9-11H2,1-4H3,(H,23,28)(H,25,27). The smallest absolute Gasteiger partial charge is 0.262 e. The number of carbonyl (C=O) groups is 2. The molecule has 2 heterocycles. The summed E-state index contributed by atoms with van der Waals surface area (Å²) in [6.07, 6.45) is 1.34. The molecular weight excluding hydrogens is 416 g/mol. The van der Waals surface area contributed by atoms with E-state index in [4.69, 9.17) is 4.74 Å². The molecule has 2 N–H and O–H groups in total. The molecule has 2 amide bonds. The molecule has 1 aromatic carbocycles. The summed E-state index contributed by atoms with van der Waals surface area (Å²) in [6, 6.07) is 7.62. The summed E-state index contributed by atoms with van der Waals surface area (Å²) in [7, 11) is 1.56. The van der Waals surface area contributed by atoms with Crippen LogP contribution in [0.4, 0.5) is 5.69 Å². The number of carbonyl (C=O) groups excluding carboxylic acids is 2. The van der Waals surface area contributed by atoms with Crippen molar-refractivity contribution in [2.45, 2.75) is 33.2 Å². The molecule has 0 aliphatic rings. The average molecular weight is 443 g/mol. The number of benzene rings is 1. The molecule has 2 aromatic heterocycles. The molecule has 3 aromatic rings. The van der Waals surface area contributed by atoms with Crippen LogP contribution in [0.25, 0.3) is 10.2 Å². The van der Waals surface area contributed by atoms with Gasteiger partial charge in [0.05, 0.1) is 23.2 Å². The first-order valence-electron chi connectivity index (χ1n) is 9.97. The maximum Gasteiger partial charge on any atom is 0.262 e. The minimum atomic E-state index is -0.347. The lowest BCUT2D eigenvalue weighted by atomic mass is 10.0. The van der Waals surface area contributed by atoms with Crippen LogP contribution in [-0.2, 0) is 16.1 Å². The molecule has 0 bridgehead atoms. The third kappa shape index (κ3) is 5.18. The van der Waals surface area contributed by atoms with Crippen LogP contribution in [0.2, 0.25) is 0 Å². The molecule has 31 heavy (non-hydrogen) atoms. The van der Waals surface area contributed by atoms with Crippen LogP contribution in [0.5, 0.6) is 0 Å². The van der Waals surface area contributed by atoms with E-state index in [1.807, 2.05) is 24.3 Å². The molecule has 0 saturated heterocycles. The summed E-state index contributed by atoms with van der Waals surface area (Å²) in [5.41, 5.74) is 2.06. The van der Waals surface area contributed by atoms with Crippen LogP contribution in [0.1, 0.15) is 40.6 Å². The highest BCUT2D eigenvalue weighted by Gasteiger charge is 2.20. The minimum Gasteiger partial charge on any atom is -0.383 e. The van der Waals surface area contributed by atoms with Gasteiger partial charge in [0.15, 0.2) is 0 Å². The van der Waals surface area contributed by atoms with Crippen LogP contribution in [0.3, 0.4) is 0 Å². The molecule has 164 valence electrons. The normalized spacial score (nSPS) is 11.1. The Bertz CT molecular complexity index is 1150. The fourth-order valence-corrected chi connectivity index (χ4v) is 4.20. The molecule has 0 saturated carbocycles. The van der Waals surface area contributed by atoms with Crippen LogP contribution < -0.4 is 16.2 Å². The zero-order valence-corrected chi connectivity index (χ0v) is 18.8. The Morgan fingerprint density at radius 2 is 1.94 bits per heavy atom. The monoisotopic (exact) mass is 442 g/mol. The summed E-state index contributed by atoms with van der Waals surface area (Å²) in [6.45, 7) is 6.52. The molecule has 3 rings (SSSR count). The number of fused-ring (bicyclic) bond motifs is 1. The largest absolute Gasteiger partial charge is 0.383 e. The molecule has 0 fully saturated rings. The lowest BCUT2D eigenvalue weighted by Gasteiger charge is -2.09. The van der Waals surface area contributed by atoms with Crippen LogP contribution in [0.15, 0.2) is 35.4 Å². The highest BCUT2D eigenvalue weighted by molar-refractivity contribution is 7.20. The number of thiophene rings is 1. The van der Waals surface area contributed by atoms with E-state index in [1.165, 1.54) is 16.5 Å². The van der Waals surface area contributed by atoms with E-state index in [1.54, 1.807) is 14.0 Å². The van der Waals surface area contributed by atoms with Gasteiger partial charge in [0.2, 0.25) is 5.91 Å². The van der Waals surface area contributed by atoms with Gasteiger partial charge in [0.1, 0.15) is 11.4 Å². The van der Waals surface area contributed by atoms with Crippen molar-refractivity contribution in [3.05, 3.63) is 57.0 Å². The van der Waals surface area contributed by atoms with Crippen LogP contribution in [-0.4, -0.2) is 41.6 Å². The van der Waals surface area contributed by atoms with Gasteiger partial charge in [-0.25, -0.2) is 4.98 Å². The highest BCUT2D eigenvalue weighted by Crippen LogP contribution is 2.26. The van der Waals surface area contributed by atoms with Crippen molar-refractivity contribution in [2.24, 2.45) is 0 Å². The van der Waals surface area contributed by atoms with Crippen molar-refractivity contribution in [3.8, 4) is 0 Å². The highest BCUT2D eigenvalue weighted by atomic mass is 32.1. The number of aromatic nitrogens is 2. The Kier molecular flexibility index (Phi) is 7.19. The van der Waals surface area contributed by atoms with Crippen molar-refractivity contribution < 1.29 is 14.3 Å². The number of nitrogens with zero attached hydrogens (tertiary/aromatic N) is 2. The molecule has 0 aliphatic carbocycles. The molecule has 0 radical (unpaired) electrons. The van der Waals surface area contributed by atoms with E-state index in [9.17, 15) is 14.4 Å². The first-order valence-corrected chi connectivity index (χ1v) is 10.8. The Morgan fingerprint density at radius 3 is 2.58 bits per heavy atom. The molecule has 8 nitrogen and oxygen atoms in total. The SMILES string of the molecule is COCCNC(=O)c1sc2ncn(CC(=O)Nc3ccc(C(C)C)cc3)c(=O)c2c1C. The van der Waals surface area contributed by atoms with Crippen molar-refractivity contribution in [3.63, 3.8) is 0 Å². The van der Waals surface area contributed by atoms with E-state index in [-0.39, 0.29) is 23.9 Å². The number of amides is 2. The number of hydrogen-bond acceptors (Lipinski definition) is 6. The maximum absolute atomic E-state index is 13.0. The fourth-order valence-electron chi connectivity index (χ4n) is 3.14. The molecule has 0 atom stereocenters. The number of hydrogen-bond donors (Lipinski definition) is 2. The lowest BCUT2D eigenvalue weighted by molar-refractivity contribution is -0.116. The first kappa shape index (κ1) is 22.6. The average Bonchev–Trinajstić information content (AvgIpc) is 3.08. The van der Waals surface area contributed by atoms with E-state index in [0.717, 1.165) is 11.3 Å². The van der Waals surface area contributed by atoms with Gasteiger partial charge in [0.25, 0.3) is 11.5 Å². The third-order valence-corrected chi connectivity index (χ3v) is 6.09. The predicted octanol–water partition coefficient (Wildman–Crippen LogP) is 2.90. The van der Waals surface area contributed by atoms with Gasteiger partial charge in [-0.05, 0) is 36.1 Å². The quantitative estimate of drug-likeness (QED) is 0.522. The second kappa shape index (κ2) is 9.84. The fraction of sp³-hybridized carbons (Fsp3) is 0.364. The van der Waals surface area contributed by atoms with E-state index < -0.39 is 0 Å². The molecular formula is C22H26N4O4S. The zero-order valence-electron chi connectivity index (χ0n) is 18.0. The van der Waals surface area contributed by atoms with Gasteiger partial charge in [-0.1, -0.05) is 26.0 Å². The number of methoxy groups -OCH3 is 1. The number of anilines is 1. The van der Waals surface area contributed by atoms with Crippen molar-refractivity contribution >= 4 is 39.1 Å². The van der Waals surface area contributed by atoms with E-state index >= 15 is 0 Å². The van der Waals surface area contributed by atoms with Crippen LogP contribution in [0, 0.1) is 6.92 Å². The van der Waals surface area contributed by atoms with Gasteiger partial charge in [0, 0.05) is 19.3 Å². The van der Waals surface area contributed by atoms with E-state index in [0.29, 0.717) is 45.4 Å². The van der Waals surface area contributed by atoms with Gasteiger partial charge in [-0.3, -0.25) is 19.0 Å². The predicted molar refractivity (Wildman–Crippen MR) is 122 cm³/mol. The Balaban J connectivity index is 1.77. The number of rotatable bonds is 8. The van der Waals surface area contributed by atoms with Gasteiger partial charge >= 0.3 is 0 Å². The summed E-state index contributed by atoms with van der Waals surface area (Å²) in [5.74, 6) is -0.195. The van der Waals surface area contributed by atoms with Crippen LogP contribution >= 0.6 is 11.3 Å². The van der Waals surface area contributed by atoms with Crippen molar-refractivity contribution in [1.82, 2.24) is 14.9 Å². The maximum atomic E-state index is 13.0. The molecule has 9 heteroatoms. The summed E-state index contributed by atoms with van der Waals surface area (Å²) in [4.78, 5) is 43.0. The Hall–Kier alpha value is -3.04. The minimum absolute atomic E-state index is 0.168. The molecule has 0 unspecified atom stereocenters. The number of aryl methyl sites for hydroxylation is 1. The number of ether oxygens (including phenoxy) is 1. The van der Waals surface area contributed by atoms with Crippen molar-refractivity contribution in [2.75, 3.05) is 25.6 Å². The van der Waals surface area contributed by atoms with E-state index in [2.05, 4.69) is 29.5 Å². The summed E-state index contributed by atoms with van der Waals surface area (Å²) < 4.78 is 6.19. The number of nitrogens with one attached hydrogen (secondary N) is 2. The summed E-state index contributed by atoms with van der Waals surface area (Å²) in [5, 5.41) is 5.91. The van der Waals surface area contributed by atoms with Gasteiger partial charge in [-0.2, -0.15) is 0 Å². The topological polar surface area (TPSA) is 102 Å². The van der Waals surface area contributed by atoms with Gasteiger partial charge in [-0.15, -0.1) is 11.3 Å². The van der Waals surface area contributed by atoms with Gasteiger partial charge < -0.3 is 15.4 Å². The second-order valence-corrected chi connectivity index (χ2v) is 8.49. The zero-order chi connectivity index (χ0) is 22.5. The third-order valence-electron chi connectivity index (χ3n) is 4.89.